The SMILES string of the molecule is CN(CC(=O)Nc1c(Cl)cccc1Cl)C(=O)COc1ccc(Cl)c(Cl)c1. The van der Waals surface area contributed by atoms with Crippen LogP contribution in [0.4, 0.5) is 5.69 Å². The molecule has 2 aromatic carbocycles. The van der Waals surface area contributed by atoms with E-state index in [4.69, 9.17) is 51.1 Å². The van der Waals surface area contributed by atoms with Crippen molar-refractivity contribution in [1.82, 2.24) is 4.90 Å². The second-order valence-electron chi connectivity index (χ2n) is 5.26. The molecule has 0 aliphatic heterocycles. The molecule has 0 saturated carbocycles. The normalized spacial score (nSPS) is 10.3. The molecule has 138 valence electrons. The lowest BCUT2D eigenvalue weighted by atomic mass is 10.3. The highest BCUT2D eigenvalue weighted by Gasteiger charge is 2.16. The van der Waals surface area contributed by atoms with Gasteiger partial charge in [0.1, 0.15) is 5.75 Å². The summed E-state index contributed by atoms with van der Waals surface area (Å²) in [6.07, 6.45) is 0. The smallest absolute Gasteiger partial charge is 0.260 e. The van der Waals surface area contributed by atoms with Crippen molar-refractivity contribution in [3.63, 3.8) is 0 Å². The lowest BCUT2D eigenvalue weighted by Crippen LogP contribution is -2.37. The summed E-state index contributed by atoms with van der Waals surface area (Å²) in [5.74, 6) is -0.435. The molecule has 2 aromatic rings. The van der Waals surface area contributed by atoms with E-state index in [2.05, 4.69) is 5.32 Å². The van der Waals surface area contributed by atoms with Gasteiger partial charge in [0.05, 0.1) is 32.3 Å². The minimum atomic E-state index is -0.439. The molecule has 2 rings (SSSR count). The second kappa shape index (κ2) is 9.33. The van der Waals surface area contributed by atoms with E-state index >= 15 is 0 Å². The molecule has 0 aromatic heterocycles. The maximum atomic E-state index is 12.1. The summed E-state index contributed by atoms with van der Waals surface area (Å²) in [5.41, 5.74) is 0.300. The van der Waals surface area contributed by atoms with Gasteiger partial charge in [-0.2, -0.15) is 0 Å². The van der Waals surface area contributed by atoms with E-state index in [0.29, 0.717) is 31.5 Å². The Morgan fingerprint density at radius 2 is 1.65 bits per heavy atom. The maximum Gasteiger partial charge on any atom is 0.260 e. The highest BCUT2D eigenvalue weighted by atomic mass is 35.5. The van der Waals surface area contributed by atoms with Crippen LogP contribution in [0.3, 0.4) is 0 Å². The number of ether oxygens (including phenoxy) is 1. The first-order valence-electron chi connectivity index (χ1n) is 7.33. The van der Waals surface area contributed by atoms with E-state index < -0.39 is 11.8 Å². The first kappa shape index (κ1) is 20.6. The molecule has 26 heavy (non-hydrogen) atoms. The van der Waals surface area contributed by atoms with Gasteiger partial charge in [0.2, 0.25) is 5.91 Å². The van der Waals surface area contributed by atoms with Crippen LogP contribution in [-0.2, 0) is 9.59 Å². The lowest BCUT2D eigenvalue weighted by Gasteiger charge is -2.18. The van der Waals surface area contributed by atoms with Crippen molar-refractivity contribution in [3.05, 3.63) is 56.5 Å². The highest BCUT2D eigenvalue weighted by Crippen LogP contribution is 2.29. The van der Waals surface area contributed by atoms with Gasteiger partial charge < -0.3 is 15.0 Å². The van der Waals surface area contributed by atoms with Crippen LogP contribution in [-0.4, -0.2) is 36.9 Å². The number of benzene rings is 2. The molecule has 0 aliphatic carbocycles. The quantitative estimate of drug-likeness (QED) is 0.710. The third kappa shape index (κ3) is 5.68. The molecule has 0 aliphatic rings. The van der Waals surface area contributed by atoms with Gasteiger partial charge in [-0.1, -0.05) is 52.5 Å². The van der Waals surface area contributed by atoms with Crippen LogP contribution in [0, 0.1) is 0 Å². The molecule has 2 amide bonds. The van der Waals surface area contributed by atoms with Gasteiger partial charge in [-0.05, 0) is 24.3 Å². The zero-order valence-corrected chi connectivity index (χ0v) is 16.6. The van der Waals surface area contributed by atoms with Gasteiger partial charge in [0.15, 0.2) is 6.61 Å². The van der Waals surface area contributed by atoms with Crippen LogP contribution in [0.25, 0.3) is 0 Å². The molecule has 0 radical (unpaired) electrons. The van der Waals surface area contributed by atoms with Crippen molar-refractivity contribution in [3.8, 4) is 5.75 Å². The summed E-state index contributed by atoms with van der Waals surface area (Å²) in [6, 6.07) is 9.52. The summed E-state index contributed by atoms with van der Waals surface area (Å²) in [5, 5.41) is 3.91. The molecule has 0 fully saturated rings. The molecule has 5 nitrogen and oxygen atoms in total. The first-order chi connectivity index (χ1) is 12.3. The minimum Gasteiger partial charge on any atom is -0.484 e. The largest absolute Gasteiger partial charge is 0.484 e. The molecule has 0 atom stereocenters. The fourth-order valence-corrected chi connectivity index (χ4v) is 2.70. The van der Waals surface area contributed by atoms with Crippen LogP contribution < -0.4 is 10.1 Å². The van der Waals surface area contributed by atoms with Crippen molar-refractivity contribution < 1.29 is 14.3 Å². The Hall–Kier alpha value is -1.66. The number of hydrogen-bond donors (Lipinski definition) is 1. The van der Waals surface area contributed by atoms with Crippen LogP contribution in [0.2, 0.25) is 20.1 Å². The van der Waals surface area contributed by atoms with Crippen LogP contribution in [0.1, 0.15) is 0 Å². The Bertz CT molecular complexity index is 809. The third-order valence-corrected chi connectivity index (χ3v) is 4.66. The molecule has 0 heterocycles. The van der Waals surface area contributed by atoms with Crippen molar-refractivity contribution in [2.75, 3.05) is 25.5 Å². The topological polar surface area (TPSA) is 58.6 Å². The van der Waals surface area contributed by atoms with E-state index in [1.54, 1.807) is 30.3 Å². The molecule has 9 heteroatoms. The number of halogens is 4. The van der Waals surface area contributed by atoms with Gasteiger partial charge >= 0.3 is 0 Å². The number of nitrogens with one attached hydrogen (secondary N) is 1. The summed E-state index contributed by atoms with van der Waals surface area (Å²) < 4.78 is 5.35. The van der Waals surface area contributed by atoms with Gasteiger partial charge in [0.25, 0.3) is 5.91 Å². The Kier molecular flexibility index (Phi) is 7.41. The summed E-state index contributed by atoms with van der Waals surface area (Å²) in [6.45, 7) is -0.445. The molecule has 0 spiro atoms. The van der Waals surface area contributed by atoms with Crippen molar-refractivity contribution in [1.29, 1.82) is 0 Å². The Morgan fingerprint density at radius 1 is 1.00 bits per heavy atom. The van der Waals surface area contributed by atoms with Crippen molar-refractivity contribution >= 4 is 63.9 Å². The second-order valence-corrected chi connectivity index (χ2v) is 6.89. The van der Waals surface area contributed by atoms with E-state index in [1.807, 2.05) is 0 Å². The number of para-hydroxylation sites is 1. The summed E-state index contributed by atoms with van der Waals surface area (Å²) in [7, 11) is 1.48. The molecule has 0 unspecified atom stereocenters. The average Bonchev–Trinajstić information content (AvgIpc) is 2.59. The standard InChI is InChI=1S/C17H14Cl4N2O3/c1-23(8-15(24)22-17-12(19)3-2-4-13(17)20)16(25)9-26-10-5-6-11(18)14(21)7-10/h2-7H,8-9H2,1H3,(H,22,24). The summed E-state index contributed by atoms with van der Waals surface area (Å²) in [4.78, 5) is 25.4. The predicted molar refractivity (Wildman–Crippen MR) is 105 cm³/mol. The highest BCUT2D eigenvalue weighted by molar-refractivity contribution is 6.42. The van der Waals surface area contributed by atoms with Crippen molar-refractivity contribution in [2.45, 2.75) is 0 Å². The molecular formula is C17H14Cl4N2O3. The molecule has 0 saturated heterocycles. The third-order valence-electron chi connectivity index (χ3n) is 3.29. The fourth-order valence-electron chi connectivity index (χ4n) is 1.92. The monoisotopic (exact) mass is 434 g/mol. The van der Waals surface area contributed by atoms with Crippen LogP contribution >= 0.6 is 46.4 Å². The van der Waals surface area contributed by atoms with Gasteiger partial charge in [-0.25, -0.2) is 0 Å². The number of nitrogens with zero attached hydrogens (tertiary/aromatic N) is 1. The lowest BCUT2D eigenvalue weighted by molar-refractivity contribution is -0.135. The van der Waals surface area contributed by atoms with Crippen LogP contribution in [0.5, 0.6) is 5.75 Å². The summed E-state index contributed by atoms with van der Waals surface area (Å²) >= 11 is 23.7. The Balaban J connectivity index is 1.88. The van der Waals surface area contributed by atoms with E-state index in [0.717, 1.165) is 0 Å². The van der Waals surface area contributed by atoms with Gasteiger partial charge in [-0.15, -0.1) is 0 Å². The zero-order valence-electron chi connectivity index (χ0n) is 13.6. The van der Waals surface area contributed by atoms with E-state index in [-0.39, 0.29) is 13.2 Å². The maximum absolute atomic E-state index is 12.1. The molecule has 0 bridgehead atoms. The number of carbonyl (C=O) groups excluding carboxylic acids is 2. The zero-order chi connectivity index (χ0) is 19.3. The van der Waals surface area contributed by atoms with E-state index in [1.165, 1.54) is 18.0 Å². The van der Waals surface area contributed by atoms with Gasteiger partial charge in [-0.3, -0.25) is 9.59 Å². The Morgan fingerprint density at radius 3 is 2.27 bits per heavy atom. The fraction of sp³-hybridized carbons (Fsp3) is 0.176. The average molecular weight is 436 g/mol. The molecule has 1 N–H and O–H groups in total. The minimum absolute atomic E-state index is 0.189. The van der Waals surface area contributed by atoms with Crippen molar-refractivity contribution in [2.24, 2.45) is 0 Å². The number of hydrogen-bond acceptors (Lipinski definition) is 3. The first-order valence-corrected chi connectivity index (χ1v) is 8.85. The van der Waals surface area contributed by atoms with Crippen LogP contribution in [0.15, 0.2) is 36.4 Å². The molecular weight excluding hydrogens is 422 g/mol. The number of carbonyl (C=O) groups is 2. The number of anilines is 1. The van der Waals surface area contributed by atoms with Gasteiger partial charge in [0, 0.05) is 13.1 Å². The number of rotatable bonds is 6. The predicted octanol–water partition coefficient (Wildman–Crippen LogP) is 4.78. The van der Waals surface area contributed by atoms with E-state index in [9.17, 15) is 9.59 Å². The number of amides is 2. The number of likely N-dealkylation sites (N-methyl/N-ethyl adjacent to an activating group) is 1. The Labute approximate surface area is 170 Å².